The molecule has 1 aromatic carbocycles. The van der Waals surface area contributed by atoms with Gasteiger partial charge < -0.3 is 15.0 Å². The number of methoxy groups -OCH3 is 1. The fourth-order valence-corrected chi connectivity index (χ4v) is 4.06. The van der Waals surface area contributed by atoms with Gasteiger partial charge in [-0.05, 0) is 24.3 Å². The summed E-state index contributed by atoms with van der Waals surface area (Å²) in [5, 5.41) is 4.33. The second-order valence-electron chi connectivity index (χ2n) is 5.93. The van der Waals surface area contributed by atoms with Crippen molar-refractivity contribution >= 4 is 57.2 Å². The normalized spacial score (nSPS) is 14.9. The zero-order valence-corrected chi connectivity index (χ0v) is 16.9. The van der Waals surface area contributed by atoms with Crippen LogP contribution in [0.2, 0.25) is 10.2 Å². The van der Waals surface area contributed by atoms with Gasteiger partial charge in [0.1, 0.15) is 0 Å². The molecule has 3 rings (SSSR count). The van der Waals surface area contributed by atoms with Crippen LogP contribution >= 0.6 is 34.5 Å². The van der Waals surface area contributed by atoms with Gasteiger partial charge in [-0.15, -0.1) is 0 Å². The van der Waals surface area contributed by atoms with Crippen LogP contribution in [0.4, 0.5) is 10.8 Å². The van der Waals surface area contributed by atoms with E-state index >= 15 is 0 Å². The Morgan fingerprint density at radius 1 is 1.19 bits per heavy atom. The number of hydrogen-bond donors (Lipinski definition) is 1. The third-order valence-corrected chi connectivity index (χ3v) is 5.82. The van der Waals surface area contributed by atoms with Crippen molar-refractivity contribution in [3.8, 4) is 0 Å². The van der Waals surface area contributed by atoms with Gasteiger partial charge in [0.05, 0.1) is 13.7 Å². The highest BCUT2D eigenvalue weighted by atomic mass is 35.5. The first-order chi connectivity index (χ1) is 13.0. The number of nitrogens with zero attached hydrogens (tertiary/aromatic N) is 3. The molecule has 0 atom stereocenters. The maximum Gasteiger partial charge on any atom is 0.351 e. The molecule has 1 aliphatic heterocycles. The molecule has 1 aromatic heterocycles. The number of hydrogen-bond acceptors (Lipinski definition) is 7. The third-order valence-electron chi connectivity index (χ3n) is 4.08. The highest BCUT2D eigenvalue weighted by Gasteiger charge is 2.24. The Balaban J connectivity index is 1.51. The van der Waals surface area contributed by atoms with E-state index in [9.17, 15) is 9.59 Å². The van der Waals surface area contributed by atoms with E-state index in [2.05, 4.69) is 20.1 Å². The van der Waals surface area contributed by atoms with Crippen LogP contribution in [0.25, 0.3) is 0 Å². The first-order valence-electron chi connectivity index (χ1n) is 8.23. The van der Waals surface area contributed by atoms with Crippen LogP contribution in [0.15, 0.2) is 24.3 Å². The summed E-state index contributed by atoms with van der Waals surface area (Å²) in [6, 6.07) is 7.00. The zero-order valence-electron chi connectivity index (χ0n) is 14.6. The predicted molar refractivity (Wildman–Crippen MR) is 107 cm³/mol. The van der Waals surface area contributed by atoms with E-state index in [0.29, 0.717) is 47.8 Å². The van der Waals surface area contributed by atoms with Gasteiger partial charge in [-0.3, -0.25) is 9.69 Å². The summed E-state index contributed by atoms with van der Waals surface area (Å²) in [5.41, 5.74) is 0.718. The highest BCUT2D eigenvalue weighted by molar-refractivity contribution is 7.18. The summed E-state index contributed by atoms with van der Waals surface area (Å²) >= 11 is 13.1. The van der Waals surface area contributed by atoms with Crippen LogP contribution in [0.5, 0.6) is 0 Å². The monoisotopic (exact) mass is 428 g/mol. The van der Waals surface area contributed by atoms with Crippen molar-refractivity contribution in [1.29, 1.82) is 0 Å². The molecular weight excluding hydrogens is 411 g/mol. The molecule has 0 aliphatic carbocycles. The van der Waals surface area contributed by atoms with Gasteiger partial charge in [-0.1, -0.05) is 34.5 Å². The minimum atomic E-state index is -0.485. The van der Waals surface area contributed by atoms with E-state index < -0.39 is 5.97 Å². The molecule has 0 spiro atoms. The summed E-state index contributed by atoms with van der Waals surface area (Å²) in [6.07, 6.45) is 0. The molecule has 0 bridgehead atoms. The molecule has 1 amide bonds. The van der Waals surface area contributed by atoms with Crippen LogP contribution in [0, 0.1) is 0 Å². The average Bonchev–Trinajstić information content (AvgIpc) is 3.05. The molecule has 0 saturated carbocycles. The van der Waals surface area contributed by atoms with Gasteiger partial charge in [0.15, 0.2) is 15.2 Å². The third kappa shape index (κ3) is 5.10. The number of nitrogens with one attached hydrogen (secondary N) is 1. The molecule has 10 heteroatoms. The van der Waals surface area contributed by atoms with Crippen molar-refractivity contribution in [2.45, 2.75) is 0 Å². The van der Waals surface area contributed by atoms with Gasteiger partial charge in [0, 0.05) is 36.9 Å². The number of carbonyl (C=O) groups is 2. The van der Waals surface area contributed by atoms with Crippen molar-refractivity contribution in [1.82, 2.24) is 9.88 Å². The molecule has 27 heavy (non-hydrogen) atoms. The van der Waals surface area contributed by atoms with Gasteiger partial charge in [-0.2, -0.15) is 0 Å². The number of amides is 1. The van der Waals surface area contributed by atoms with E-state index in [4.69, 9.17) is 27.9 Å². The van der Waals surface area contributed by atoms with Crippen LogP contribution in [0.3, 0.4) is 0 Å². The highest BCUT2D eigenvalue weighted by Crippen LogP contribution is 2.30. The smallest absolute Gasteiger partial charge is 0.351 e. The molecule has 7 nitrogen and oxygen atoms in total. The van der Waals surface area contributed by atoms with E-state index in [0.717, 1.165) is 5.69 Å². The van der Waals surface area contributed by atoms with Crippen molar-refractivity contribution < 1.29 is 14.3 Å². The maximum absolute atomic E-state index is 12.2. The SMILES string of the molecule is COC(=O)c1sc(N2CCN(CC(=O)Nc3ccc(Cl)cc3)CC2)nc1Cl. The Hall–Kier alpha value is -1.87. The van der Waals surface area contributed by atoms with Crippen molar-refractivity contribution in [3.63, 3.8) is 0 Å². The number of carbonyl (C=O) groups excluding carboxylic acids is 2. The number of esters is 1. The lowest BCUT2D eigenvalue weighted by Gasteiger charge is -2.34. The summed E-state index contributed by atoms with van der Waals surface area (Å²) in [7, 11) is 1.31. The van der Waals surface area contributed by atoms with Crippen molar-refractivity contribution in [3.05, 3.63) is 39.3 Å². The number of piperazine rings is 1. The van der Waals surface area contributed by atoms with E-state index in [-0.39, 0.29) is 11.1 Å². The summed E-state index contributed by atoms with van der Waals surface area (Å²) in [4.78, 5) is 32.5. The average molecular weight is 429 g/mol. The fourth-order valence-electron chi connectivity index (χ4n) is 2.68. The Morgan fingerprint density at radius 2 is 1.85 bits per heavy atom. The number of thiazole rings is 1. The van der Waals surface area contributed by atoms with E-state index in [1.807, 2.05) is 0 Å². The lowest BCUT2D eigenvalue weighted by molar-refractivity contribution is -0.117. The first kappa shape index (κ1) is 19.9. The minimum absolute atomic E-state index is 0.0731. The molecule has 2 heterocycles. The van der Waals surface area contributed by atoms with E-state index in [1.165, 1.54) is 18.4 Å². The Kier molecular flexibility index (Phi) is 6.54. The van der Waals surface area contributed by atoms with Gasteiger partial charge in [-0.25, -0.2) is 9.78 Å². The van der Waals surface area contributed by atoms with Crippen LogP contribution in [-0.2, 0) is 9.53 Å². The second-order valence-corrected chi connectivity index (χ2v) is 7.70. The lowest BCUT2D eigenvalue weighted by Crippen LogP contribution is -2.48. The Labute approximate surface area is 170 Å². The summed E-state index contributed by atoms with van der Waals surface area (Å²) < 4.78 is 4.70. The number of ether oxygens (including phenoxy) is 1. The Bertz CT molecular complexity index is 820. The molecule has 0 unspecified atom stereocenters. The van der Waals surface area contributed by atoms with Crippen LogP contribution in [0.1, 0.15) is 9.67 Å². The quantitative estimate of drug-likeness (QED) is 0.737. The topological polar surface area (TPSA) is 74.8 Å². The number of aromatic nitrogens is 1. The molecule has 1 N–H and O–H groups in total. The van der Waals surface area contributed by atoms with Gasteiger partial charge in [0.2, 0.25) is 5.91 Å². The van der Waals surface area contributed by atoms with E-state index in [1.54, 1.807) is 24.3 Å². The number of benzene rings is 1. The summed E-state index contributed by atoms with van der Waals surface area (Å²) in [6.45, 7) is 3.11. The first-order valence-corrected chi connectivity index (χ1v) is 9.81. The number of halogens is 2. The predicted octanol–water partition coefficient (Wildman–Crippen LogP) is 3.00. The molecule has 1 saturated heterocycles. The minimum Gasteiger partial charge on any atom is -0.465 e. The number of rotatable bonds is 5. The van der Waals surface area contributed by atoms with Crippen molar-refractivity contribution in [2.24, 2.45) is 0 Å². The van der Waals surface area contributed by atoms with Crippen LogP contribution in [-0.4, -0.2) is 61.6 Å². The molecule has 144 valence electrons. The second kappa shape index (κ2) is 8.88. The zero-order chi connectivity index (χ0) is 19.4. The molecule has 1 aliphatic rings. The maximum atomic E-state index is 12.2. The molecular formula is C17H18Cl2N4O3S. The lowest BCUT2D eigenvalue weighted by atomic mass is 10.3. The Morgan fingerprint density at radius 3 is 2.48 bits per heavy atom. The largest absolute Gasteiger partial charge is 0.465 e. The molecule has 0 radical (unpaired) electrons. The molecule has 2 aromatic rings. The fraction of sp³-hybridized carbons (Fsp3) is 0.353. The molecule has 1 fully saturated rings. The van der Waals surface area contributed by atoms with Gasteiger partial charge >= 0.3 is 5.97 Å². The van der Waals surface area contributed by atoms with Crippen molar-refractivity contribution in [2.75, 3.05) is 50.1 Å². The van der Waals surface area contributed by atoms with Gasteiger partial charge in [0.25, 0.3) is 0 Å². The number of anilines is 2. The summed E-state index contributed by atoms with van der Waals surface area (Å²) in [5.74, 6) is -0.558. The standard InChI is InChI=1S/C17H18Cl2N4O3S/c1-26-16(25)14-15(19)21-17(27-14)23-8-6-22(7-9-23)10-13(24)20-12-4-2-11(18)3-5-12/h2-5H,6-10H2,1H3,(H,20,24). The van der Waals surface area contributed by atoms with Crippen LogP contribution < -0.4 is 10.2 Å².